The maximum Gasteiger partial charge on any atom is 0.125 e. The van der Waals surface area contributed by atoms with Gasteiger partial charge >= 0.3 is 0 Å². The van der Waals surface area contributed by atoms with Gasteiger partial charge in [0.25, 0.3) is 0 Å². The van der Waals surface area contributed by atoms with Crippen LogP contribution in [0.3, 0.4) is 0 Å². The lowest BCUT2D eigenvalue weighted by atomic mass is 10.2. The lowest BCUT2D eigenvalue weighted by Crippen LogP contribution is -2.07. The van der Waals surface area contributed by atoms with Crippen LogP contribution in [-0.4, -0.2) is 11.5 Å². The van der Waals surface area contributed by atoms with E-state index in [4.69, 9.17) is 5.73 Å². The number of pyridine rings is 1. The zero-order chi connectivity index (χ0) is 12.1. The van der Waals surface area contributed by atoms with Crippen molar-refractivity contribution in [2.24, 2.45) is 0 Å². The van der Waals surface area contributed by atoms with Gasteiger partial charge in [0.15, 0.2) is 0 Å². The molecule has 3 nitrogen and oxygen atoms in total. The van der Waals surface area contributed by atoms with Crippen molar-refractivity contribution in [1.82, 2.24) is 4.98 Å². The molecular formula is C13H14FN3. The van der Waals surface area contributed by atoms with Gasteiger partial charge in [0.1, 0.15) is 5.82 Å². The van der Waals surface area contributed by atoms with E-state index < -0.39 is 0 Å². The molecular weight excluding hydrogens is 217 g/mol. The monoisotopic (exact) mass is 231 g/mol. The molecule has 0 aliphatic carbocycles. The van der Waals surface area contributed by atoms with Crippen molar-refractivity contribution in [3.63, 3.8) is 0 Å². The normalized spacial score (nSPS) is 10.2. The van der Waals surface area contributed by atoms with E-state index in [0.717, 1.165) is 6.42 Å². The molecule has 17 heavy (non-hydrogen) atoms. The molecule has 1 heterocycles. The van der Waals surface area contributed by atoms with Gasteiger partial charge in [-0.2, -0.15) is 0 Å². The average Bonchev–Trinajstić information content (AvgIpc) is 2.35. The number of hydrogen-bond acceptors (Lipinski definition) is 3. The summed E-state index contributed by atoms with van der Waals surface area (Å²) in [7, 11) is 0. The Morgan fingerprint density at radius 3 is 2.71 bits per heavy atom. The highest BCUT2D eigenvalue weighted by Gasteiger charge is 2.00. The maximum atomic E-state index is 13.0. The molecule has 0 saturated heterocycles. The van der Waals surface area contributed by atoms with Gasteiger partial charge < -0.3 is 11.1 Å². The Bertz CT molecular complexity index is 485. The minimum Gasteiger partial charge on any atom is -0.397 e. The van der Waals surface area contributed by atoms with Crippen LogP contribution < -0.4 is 11.1 Å². The third-order valence-electron chi connectivity index (χ3n) is 2.49. The zero-order valence-electron chi connectivity index (χ0n) is 9.36. The first-order valence-corrected chi connectivity index (χ1v) is 5.43. The van der Waals surface area contributed by atoms with Crippen molar-refractivity contribution in [3.05, 3.63) is 54.1 Å². The average molecular weight is 231 g/mol. The fourth-order valence-corrected chi connectivity index (χ4v) is 1.57. The van der Waals surface area contributed by atoms with Gasteiger partial charge in [-0.05, 0) is 42.3 Å². The third-order valence-corrected chi connectivity index (χ3v) is 2.49. The molecule has 1 aromatic carbocycles. The Morgan fingerprint density at radius 2 is 1.94 bits per heavy atom. The second-order valence-corrected chi connectivity index (χ2v) is 3.76. The summed E-state index contributed by atoms with van der Waals surface area (Å²) in [6.07, 6.45) is 4.36. The van der Waals surface area contributed by atoms with Crippen molar-refractivity contribution in [1.29, 1.82) is 0 Å². The fraction of sp³-hybridized carbons (Fsp3) is 0.154. The lowest BCUT2D eigenvalue weighted by Gasteiger charge is -2.09. The lowest BCUT2D eigenvalue weighted by molar-refractivity contribution is 0.628. The van der Waals surface area contributed by atoms with Gasteiger partial charge in [0, 0.05) is 18.9 Å². The van der Waals surface area contributed by atoms with E-state index in [9.17, 15) is 4.39 Å². The Hall–Kier alpha value is -2.10. The van der Waals surface area contributed by atoms with Crippen molar-refractivity contribution >= 4 is 11.4 Å². The molecule has 0 amide bonds. The second-order valence-electron chi connectivity index (χ2n) is 3.76. The first kappa shape index (κ1) is 11.4. The largest absolute Gasteiger partial charge is 0.397 e. The molecule has 0 bridgehead atoms. The smallest absolute Gasteiger partial charge is 0.125 e. The molecule has 0 saturated carbocycles. The van der Waals surface area contributed by atoms with Gasteiger partial charge in [0.05, 0.1) is 11.4 Å². The van der Waals surface area contributed by atoms with Gasteiger partial charge in [0.2, 0.25) is 0 Å². The summed E-state index contributed by atoms with van der Waals surface area (Å²) in [5, 5.41) is 3.12. The SMILES string of the molecule is Nc1ccc(F)cc1NCCc1ccncc1. The molecule has 0 atom stereocenters. The summed E-state index contributed by atoms with van der Waals surface area (Å²) in [5.74, 6) is -0.286. The number of nitrogen functional groups attached to an aromatic ring is 1. The number of anilines is 2. The van der Waals surface area contributed by atoms with Crippen LogP contribution in [0.4, 0.5) is 15.8 Å². The number of nitrogens with two attached hydrogens (primary N) is 1. The highest BCUT2D eigenvalue weighted by atomic mass is 19.1. The molecule has 0 radical (unpaired) electrons. The molecule has 2 aromatic rings. The number of hydrogen-bond donors (Lipinski definition) is 2. The molecule has 0 fully saturated rings. The Kier molecular flexibility index (Phi) is 3.55. The van der Waals surface area contributed by atoms with Gasteiger partial charge in [-0.15, -0.1) is 0 Å². The molecule has 3 N–H and O–H groups in total. The molecule has 4 heteroatoms. The van der Waals surface area contributed by atoms with Crippen LogP contribution in [0.5, 0.6) is 0 Å². The number of nitrogens with zero attached hydrogens (tertiary/aromatic N) is 1. The minimum atomic E-state index is -0.286. The van der Waals surface area contributed by atoms with Crippen molar-refractivity contribution in [3.8, 4) is 0 Å². The Morgan fingerprint density at radius 1 is 1.18 bits per heavy atom. The van der Waals surface area contributed by atoms with Gasteiger partial charge in [-0.1, -0.05) is 0 Å². The van der Waals surface area contributed by atoms with Gasteiger partial charge in [-0.3, -0.25) is 4.98 Å². The van der Waals surface area contributed by atoms with Crippen LogP contribution in [0, 0.1) is 5.82 Å². The zero-order valence-corrected chi connectivity index (χ0v) is 9.36. The van der Waals surface area contributed by atoms with E-state index in [-0.39, 0.29) is 5.82 Å². The summed E-state index contributed by atoms with van der Waals surface area (Å²) in [6, 6.07) is 8.22. The molecule has 2 rings (SSSR count). The highest BCUT2D eigenvalue weighted by molar-refractivity contribution is 5.65. The summed E-state index contributed by atoms with van der Waals surface area (Å²) >= 11 is 0. The number of nitrogens with one attached hydrogen (secondary N) is 1. The van der Waals surface area contributed by atoms with E-state index in [1.54, 1.807) is 18.5 Å². The van der Waals surface area contributed by atoms with Crippen LogP contribution in [-0.2, 0) is 6.42 Å². The van der Waals surface area contributed by atoms with Crippen molar-refractivity contribution in [2.75, 3.05) is 17.6 Å². The first-order chi connectivity index (χ1) is 8.25. The van der Waals surface area contributed by atoms with E-state index >= 15 is 0 Å². The first-order valence-electron chi connectivity index (χ1n) is 5.43. The summed E-state index contributed by atoms with van der Waals surface area (Å²) in [6.45, 7) is 0.706. The van der Waals surface area contributed by atoms with E-state index in [2.05, 4.69) is 10.3 Å². The quantitative estimate of drug-likeness (QED) is 0.795. The fourth-order valence-electron chi connectivity index (χ4n) is 1.57. The highest BCUT2D eigenvalue weighted by Crippen LogP contribution is 2.18. The molecule has 0 spiro atoms. The number of aromatic nitrogens is 1. The van der Waals surface area contributed by atoms with E-state index in [0.29, 0.717) is 17.9 Å². The van der Waals surface area contributed by atoms with Gasteiger partial charge in [-0.25, -0.2) is 4.39 Å². The molecule has 0 unspecified atom stereocenters. The van der Waals surface area contributed by atoms with Crippen LogP contribution in [0.2, 0.25) is 0 Å². The third kappa shape index (κ3) is 3.17. The number of rotatable bonds is 4. The molecule has 0 aliphatic heterocycles. The van der Waals surface area contributed by atoms with Crippen LogP contribution in [0.15, 0.2) is 42.7 Å². The Balaban J connectivity index is 1.92. The molecule has 1 aromatic heterocycles. The predicted octanol–water partition coefficient (Wildman–Crippen LogP) is 2.46. The topological polar surface area (TPSA) is 50.9 Å². The van der Waals surface area contributed by atoms with Crippen LogP contribution >= 0.6 is 0 Å². The maximum absolute atomic E-state index is 13.0. The van der Waals surface area contributed by atoms with E-state index in [1.807, 2.05) is 12.1 Å². The van der Waals surface area contributed by atoms with Crippen molar-refractivity contribution < 1.29 is 4.39 Å². The van der Waals surface area contributed by atoms with Crippen LogP contribution in [0.1, 0.15) is 5.56 Å². The van der Waals surface area contributed by atoms with E-state index in [1.165, 1.54) is 17.7 Å². The standard InChI is InChI=1S/C13H14FN3/c14-11-1-2-12(15)13(9-11)17-8-5-10-3-6-16-7-4-10/h1-4,6-7,9,17H,5,8,15H2. The summed E-state index contributed by atoms with van der Waals surface area (Å²) in [4.78, 5) is 3.95. The minimum absolute atomic E-state index is 0.286. The second kappa shape index (κ2) is 5.30. The predicted molar refractivity (Wildman–Crippen MR) is 67.2 cm³/mol. The number of halogens is 1. The molecule has 88 valence electrons. The van der Waals surface area contributed by atoms with Crippen LogP contribution in [0.25, 0.3) is 0 Å². The molecule has 0 aliphatic rings. The number of benzene rings is 1. The summed E-state index contributed by atoms with van der Waals surface area (Å²) < 4.78 is 13.0. The Labute approximate surface area is 99.5 Å². The summed E-state index contributed by atoms with van der Waals surface area (Å²) in [5.41, 5.74) is 8.11. The van der Waals surface area contributed by atoms with Crippen molar-refractivity contribution in [2.45, 2.75) is 6.42 Å².